The number of allylic oxidation sites excluding steroid dienone is 1. The van der Waals surface area contributed by atoms with Crippen molar-refractivity contribution in [2.75, 3.05) is 0 Å². The molecule has 1 aromatic rings. The molecule has 0 amide bonds. The molecule has 0 radical (unpaired) electrons. The maximum atomic E-state index is 8.36. The second-order valence-corrected chi connectivity index (χ2v) is 3.44. The van der Waals surface area contributed by atoms with Crippen molar-refractivity contribution in [2.45, 2.75) is 6.42 Å². The van der Waals surface area contributed by atoms with Crippen LogP contribution in [0, 0.1) is 11.3 Å². The molecule has 12 heavy (non-hydrogen) atoms. The first-order valence-corrected chi connectivity index (χ1v) is 4.70. The molecular formula is C10H8IN. The van der Waals surface area contributed by atoms with Crippen molar-refractivity contribution in [3.8, 4) is 6.07 Å². The summed E-state index contributed by atoms with van der Waals surface area (Å²) in [6.45, 7) is 0. The van der Waals surface area contributed by atoms with Crippen LogP contribution in [-0.2, 0) is 0 Å². The van der Waals surface area contributed by atoms with E-state index in [9.17, 15) is 0 Å². The maximum absolute atomic E-state index is 8.36. The number of nitriles is 1. The van der Waals surface area contributed by atoms with E-state index in [1.807, 2.05) is 36.4 Å². The summed E-state index contributed by atoms with van der Waals surface area (Å²) >= 11 is 2.24. The summed E-state index contributed by atoms with van der Waals surface area (Å²) in [5.41, 5.74) is 1.17. The summed E-state index contributed by atoms with van der Waals surface area (Å²) in [5, 5.41) is 8.36. The summed E-state index contributed by atoms with van der Waals surface area (Å²) < 4.78 is 1.13. The highest BCUT2D eigenvalue weighted by Crippen LogP contribution is 2.21. The van der Waals surface area contributed by atoms with Crippen molar-refractivity contribution >= 4 is 26.2 Å². The van der Waals surface area contributed by atoms with Gasteiger partial charge in [0.2, 0.25) is 0 Å². The number of nitrogens with zero attached hydrogens (tertiary/aromatic N) is 1. The molecule has 0 saturated carbocycles. The van der Waals surface area contributed by atoms with E-state index in [0.29, 0.717) is 6.42 Å². The molecule has 0 spiro atoms. The first-order chi connectivity index (χ1) is 5.84. The molecule has 1 nitrogen and oxygen atoms in total. The van der Waals surface area contributed by atoms with Crippen LogP contribution in [0.1, 0.15) is 12.0 Å². The number of hydrogen-bond donors (Lipinski definition) is 0. The summed E-state index contributed by atoms with van der Waals surface area (Å²) in [5.74, 6) is 0. The van der Waals surface area contributed by atoms with Gasteiger partial charge in [-0.2, -0.15) is 5.26 Å². The zero-order valence-electron chi connectivity index (χ0n) is 6.50. The standard InChI is InChI=1S/C10H8IN/c11-10(7-4-8-12)9-5-2-1-3-6-9/h1-3,5-7H,4H2/b10-7+. The Bertz CT molecular complexity index is 308. The summed E-state index contributed by atoms with van der Waals surface area (Å²) in [4.78, 5) is 0. The first-order valence-electron chi connectivity index (χ1n) is 3.62. The van der Waals surface area contributed by atoms with E-state index in [1.54, 1.807) is 0 Å². The molecule has 0 bridgehead atoms. The highest BCUT2D eigenvalue weighted by Gasteiger charge is 1.93. The van der Waals surface area contributed by atoms with Crippen LogP contribution >= 0.6 is 22.6 Å². The predicted molar refractivity (Wildman–Crippen MR) is 58.7 cm³/mol. The van der Waals surface area contributed by atoms with Crippen LogP contribution in [0.5, 0.6) is 0 Å². The SMILES string of the molecule is N#CC/C=C(/I)c1ccccc1. The topological polar surface area (TPSA) is 23.8 Å². The molecule has 0 saturated heterocycles. The Balaban J connectivity index is 2.79. The van der Waals surface area contributed by atoms with Gasteiger partial charge in [0.15, 0.2) is 0 Å². The molecule has 0 fully saturated rings. The zero-order chi connectivity index (χ0) is 8.81. The van der Waals surface area contributed by atoms with Crippen molar-refractivity contribution in [3.63, 3.8) is 0 Å². The fourth-order valence-electron chi connectivity index (χ4n) is 0.850. The minimum atomic E-state index is 0.479. The lowest BCUT2D eigenvalue weighted by atomic mass is 10.2. The molecule has 60 valence electrons. The van der Waals surface area contributed by atoms with Gasteiger partial charge in [-0.3, -0.25) is 0 Å². The van der Waals surface area contributed by atoms with Gasteiger partial charge in [-0.05, 0) is 28.2 Å². The van der Waals surface area contributed by atoms with Gasteiger partial charge in [0, 0.05) is 3.58 Å². The van der Waals surface area contributed by atoms with Crippen molar-refractivity contribution in [1.82, 2.24) is 0 Å². The second-order valence-electron chi connectivity index (χ2n) is 2.28. The molecule has 0 unspecified atom stereocenters. The van der Waals surface area contributed by atoms with Gasteiger partial charge in [-0.1, -0.05) is 36.4 Å². The minimum absolute atomic E-state index is 0.479. The molecular weight excluding hydrogens is 261 g/mol. The van der Waals surface area contributed by atoms with Crippen molar-refractivity contribution < 1.29 is 0 Å². The smallest absolute Gasteiger partial charge is 0.0663 e. The van der Waals surface area contributed by atoms with Crippen LogP contribution in [0.15, 0.2) is 36.4 Å². The average molecular weight is 269 g/mol. The molecule has 2 heteroatoms. The van der Waals surface area contributed by atoms with Crippen LogP contribution in [0.2, 0.25) is 0 Å². The van der Waals surface area contributed by atoms with Gasteiger partial charge in [0.25, 0.3) is 0 Å². The average Bonchev–Trinajstić information content (AvgIpc) is 2.15. The van der Waals surface area contributed by atoms with E-state index in [1.165, 1.54) is 5.56 Å². The van der Waals surface area contributed by atoms with Gasteiger partial charge in [-0.15, -0.1) is 0 Å². The molecule has 1 rings (SSSR count). The summed E-state index contributed by atoms with van der Waals surface area (Å²) in [6, 6.07) is 12.1. The van der Waals surface area contributed by atoms with Gasteiger partial charge in [0.1, 0.15) is 0 Å². The van der Waals surface area contributed by atoms with Crippen LogP contribution in [-0.4, -0.2) is 0 Å². The number of benzene rings is 1. The van der Waals surface area contributed by atoms with E-state index in [0.717, 1.165) is 3.58 Å². The lowest BCUT2D eigenvalue weighted by Gasteiger charge is -1.96. The van der Waals surface area contributed by atoms with Crippen LogP contribution in [0.3, 0.4) is 0 Å². The van der Waals surface area contributed by atoms with Crippen molar-refractivity contribution in [2.24, 2.45) is 0 Å². The molecule has 0 aliphatic rings. The maximum Gasteiger partial charge on any atom is 0.0663 e. The molecule has 0 atom stereocenters. The highest BCUT2D eigenvalue weighted by atomic mass is 127. The monoisotopic (exact) mass is 269 g/mol. The molecule has 0 N–H and O–H groups in total. The first kappa shape index (κ1) is 9.27. The quantitative estimate of drug-likeness (QED) is 0.755. The van der Waals surface area contributed by atoms with Crippen LogP contribution in [0.4, 0.5) is 0 Å². The Morgan fingerprint density at radius 3 is 2.67 bits per heavy atom. The number of rotatable bonds is 2. The normalized spacial score (nSPS) is 10.8. The highest BCUT2D eigenvalue weighted by molar-refractivity contribution is 14.1. The Labute approximate surface area is 85.9 Å². The Kier molecular flexibility index (Phi) is 3.81. The van der Waals surface area contributed by atoms with Gasteiger partial charge < -0.3 is 0 Å². The van der Waals surface area contributed by atoms with E-state index in [4.69, 9.17) is 5.26 Å². The minimum Gasteiger partial charge on any atom is -0.198 e. The largest absolute Gasteiger partial charge is 0.198 e. The molecule has 0 aliphatic carbocycles. The molecule has 0 aliphatic heterocycles. The van der Waals surface area contributed by atoms with Crippen LogP contribution < -0.4 is 0 Å². The fourth-order valence-corrected chi connectivity index (χ4v) is 1.43. The van der Waals surface area contributed by atoms with E-state index in [-0.39, 0.29) is 0 Å². The van der Waals surface area contributed by atoms with E-state index in [2.05, 4.69) is 28.7 Å². The summed E-state index contributed by atoms with van der Waals surface area (Å²) in [7, 11) is 0. The third kappa shape index (κ3) is 2.67. The van der Waals surface area contributed by atoms with Gasteiger partial charge >= 0.3 is 0 Å². The Morgan fingerprint density at radius 2 is 2.08 bits per heavy atom. The number of halogens is 1. The molecule has 0 aromatic heterocycles. The van der Waals surface area contributed by atoms with Gasteiger partial charge in [0.05, 0.1) is 12.5 Å². The van der Waals surface area contributed by atoms with Crippen molar-refractivity contribution in [1.29, 1.82) is 5.26 Å². The Hall–Kier alpha value is -0.820. The molecule has 0 heterocycles. The van der Waals surface area contributed by atoms with E-state index >= 15 is 0 Å². The van der Waals surface area contributed by atoms with Crippen molar-refractivity contribution in [3.05, 3.63) is 42.0 Å². The summed E-state index contributed by atoms with van der Waals surface area (Å²) in [6.07, 6.45) is 2.41. The zero-order valence-corrected chi connectivity index (χ0v) is 8.65. The Morgan fingerprint density at radius 1 is 1.42 bits per heavy atom. The molecule has 1 aromatic carbocycles. The number of hydrogen-bond acceptors (Lipinski definition) is 1. The predicted octanol–water partition coefficient (Wildman–Crippen LogP) is 3.38. The van der Waals surface area contributed by atoms with Gasteiger partial charge in [-0.25, -0.2) is 0 Å². The van der Waals surface area contributed by atoms with E-state index < -0.39 is 0 Å². The lowest BCUT2D eigenvalue weighted by Crippen LogP contribution is -1.73. The third-order valence-electron chi connectivity index (χ3n) is 1.42. The van der Waals surface area contributed by atoms with Crippen LogP contribution in [0.25, 0.3) is 3.58 Å². The lowest BCUT2D eigenvalue weighted by molar-refractivity contribution is 1.36. The third-order valence-corrected chi connectivity index (χ3v) is 2.49. The second kappa shape index (κ2) is 4.94. The fraction of sp³-hybridized carbons (Fsp3) is 0.100.